The summed E-state index contributed by atoms with van der Waals surface area (Å²) in [7, 11) is 0. The zero-order chi connectivity index (χ0) is 12.0. The van der Waals surface area contributed by atoms with Gasteiger partial charge in [-0.15, -0.1) is 16.8 Å². The Hall–Kier alpha value is -1.91. The first kappa shape index (κ1) is 12.2. The molecule has 0 fully saturated rings. The molecule has 0 bridgehead atoms. The molecular formula is C11H16N4O. The van der Waals surface area contributed by atoms with Crippen molar-refractivity contribution in [2.75, 3.05) is 11.9 Å². The molecule has 1 aromatic rings. The SMILES string of the molecule is C=CCNC(=O)c1ccc(NC(C)C)nn1. The van der Waals surface area contributed by atoms with Gasteiger partial charge in [-0.25, -0.2) is 0 Å². The Morgan fingerprint density at radius 3 is 2.75 bits per heavy atom. The summed E-state index contributed by atoms with van der Waals surface area (Å²) < 4.78 is 0. The molecule has 0 atom stereocenters. The van der Waals surface area contributed by atoms with Gasteiger partial charge >= 0.3 is 0 Å². The minimum absolute atomic E-state index is 0.247. The van der Waals surface area contributed by atoms with Crippen molar-refractivity contribution >= 4 is 11.7 Å². The highest BCUT2D eigenvalue weighted by Gasteiger charge is 2.06. The third kappa shape index (κ3) is 3.68. The maximum absolute atomic E-state index is 11.5. The minimum atomic E-state index is -0.247. The van der Waals surface area contributed by atoms with Crippen molar-refractivity contribution in [2.45, 2.75) is 19.9 Å². The Labute approximate surface area is 95.0 Å². The number of carbonyl (C=O) groups excluding carboxylic acids is 1. The molecule has 1 heterocycles. The summed E-state index contributed by atoms with van der Waals surface area (Å²) in [6, 6.07) is 3.65. The fraction of sp³-hybridized carbons (Fsp3) is 0.364. The maximum atomic E-state index is 11.5. The molecule has 1 amide bonds. The molecule has 1 rings (SSSR count). The molecule has 16 heavy (non-hydrogen) atoms. The van der Waals surface area contributed by atoms with Gasteiger partial charge in [0.05, 0.1) is 0 Å². The quantitative estimate of drug-likeness (QED) is 0.732. The van der Waals surface area contributed by atoms with E-state index in [1.54, 1.807) is 18.2 Å². The molecule has 0 saturated heterocycles. The standard InChI is InChI=1S/C11H16N4O/c1-4-7-12-11(16)9-5-6-10(15-14-9)13-8(2)3/h4-6,8H,1,7H2,2-3H3,(H,12,16)(H,13,15). The predicted octanol–water partition coefficient (Wildman–Crippen LogP) is 1.21. The molecule has 0 saturated carbocycles. The highest BCUT2D eigenvalue weighted by Crippen LogP contribution is 2.03. The second-order valence-electron chi connectivity index (χ2n) is 3.60. The molecule has 0 aliphatic rings. The lowest BCUT2D eigenvalue weighted by atomic mass is 10.3. The van der Waals surface area contributed by atoms with Crippen molar-refractivity contribution in [3.8, 4) is 0 Å². The molecular weight excluding hydrogens is 204 g/mol. The van der Waals surface area contributed by atoms with Crippen LogP contribution in [0.15, 0.2) is 24.8 Å². The normalized spacial score (nSPS) is 9.94. The monoisotopic (exact) mass is 220 g/mol. The summed E-state index contributed by atoms with van der Waals surface area (Å²) in [5, 5.41) is 13.4. The van der Waals surface area contributed by atoms with Crippen molar-refractivity contribution < 1.29 is 4.79 Å². The van der Waals surface area contributed by atoms with E-state index in [2.05, 4.69) is 27.4 Å². The molecule has 1 aromatic heterocycles. The molecule has 5 nitrogen and oxygen atoms in total. The van der Waals surface area contributed by atoms with Gasteiger partial charge in [0.25, 0.3) is 5.91 Å². The average Bonchev–Trinajstić information content (AvgIpc) is 2.26. The first-order chi connectivity index (χ1) is 7.63. The lowest BCUT2D eigenvalue weighted by Gasteiger charge is -2.08. The number of carbonyl (C=O) groups is 1. The third-order valence-corrected chi connectivity index (χ3v) is 1.74. The van der Waals surface area contributed by atoms with Crippen molar-refractivity contribution in [3.63, 3.8) is 0 Å². The third-order valence-electron chi connectivity index (χ3n) is 1.74. The minimum Gasteiger partial charge on any atom is -0.366 e. The second kappa shape index (κ2) is 5.85. The van der Waals surface area contributed by atoms with Gasteiger partial charge in [-0.1, -0.05) is 6.08 Å². The molecule has 0 aliphatic carbocycles. The van der Waals surface area contributed by atoms with E-state index in [0.29, 0.717) is 18.1 Å². The van der Waals surface area contributed by atoms with E-state index >= 15 is 0 Å². The number of anilines is 1. The molecule has 0 radical (unpaired) electrons. The largest absolute Gasteiger partial charge is 0.366 e. The summed E-state index contributed by atoms with van der Waals surface area (Å²) in [6.07, 6.45) is 1.61. The fourth-order valence-electron chi connectivity index (χ4n) is 1.08. The fourth-order valence-corrected chi connectivity index (χ4v) is 1.08. The molecule has 0 aliphatic heterocycles. The highest BCUT2D eigenvalue weighted by molar-refractivity contribution is 5.92. The number of nitrogens with zero attached hydrogens (tertiary/aromatic N) is 2. The van der Waals surface area contributed by atoms with Gasteiger partial charge in [0.2, 0.25) is 0 Å². The van der Waals surface area contributed by atoms with Gasteiger partial charge in [-0.3, -0.25) is 4.79 Å². The van der Waals surface area contributed by atoms with Crippen molar-refractivity contribution in [2.24, 2.45) is 0 Å². The Morgan fingerprint density at radius 1 is 1.50 bits per heavy atom. The molecule has 86 valence electrons. The maximum Gasteiger partial charge on any atom is 0.272 e. The summed E-state index contributed by atoms with van der Waals surface area (Å²) in [4.78, 5) is 11.5. The van der Waals surface area contributed by atoms with Gasteiger partial charge < -0.3 is 10.6 Å². The molecule has 2 N–H and O–H groups in total. The van der Waals surface area contributed by atoms with E-state index in [9.17, 15) is 4.79 Å². The highest BCUT2D eigenvalue weighted by atomic mass is 16.1. The van der Waals surface area contributed by atoms with Crippen molar-refractivity contribution in [3.05, 3.63) is 30.5 Å². The molecule has 0 spiro atoms. The summed E-state index contributed by atoms with van der Waals surface area (Å²) in [5.41, 5.74) is 0.302. The van der Waals surface area contributed by atoms with E-state index in [0.717, 1.165) is 0 Å². The first-order valence-electron chi connectivity index (χ1n) is 5.13. The van der Waals surface area contributed by atoms with Crippen LogP contribution in [-0.4, -0.2) is 28.7 Å². The van der Waals surface area contributed by atoms with Crippen LogP contribution in [-0.2, 0) is 0 Å². The van der Waals surface area contributed by atoms with Crippen molar-refractivity contribution in [1.82, 2.24) is 15.5 Å². The Balaban J connectivity index is 2.63. The topological polar surface area (TPSA) is 66.9 Å². The average molecular weight is 220 g/mol. The zero-order valence-corrected chi connectivity index (χ0v) is 9.53. The van der Waals surface area contributed by atoms with Crippen LogP contribution in [0, 0.1) is 0 Å². The van der Waals surface area contributed by atoms with Crippen LogP contribution in [0.1, 0.15) is 24.3 Å². The number of aromatic nitrogens is 2. The molecule has 5 heteroatoms. The zero-order valence-electron chi connectivity index (χ0n) is 9.53. The summed E-state index contributed by atoms with van der Waals surface area (Å²) in [5.74, 6) is 0.416. The van der Waals surface area contributed by atoms with E-state index in [1.165, 1.54) is 0 Å². The van der Waals surface area contributed by atoms with Gasteiger partial charge in [-0.2, -0.15) is 0 Å². The lowest BCUT2D eigenvalue weighted by molar-refractivity contribution is 0.0952. The van der Waals surface area contributed by atoms with Gasteiger partial charge in [0.15, 0.2) is 5.69 Å². The van der Waals surface area contributed by atoms with E-state index in [4.69, 9.17) is 0 Å². The van der Waals surface area contributed by atoms with Crippen LogP contribution in [0.25, 0.3) is 0 Å². The van der Waals surface area contributed by atoms with E-state index in [1.807, 2.05) is 13.8 Å². The van der Waals surface area contributed by atoms with Crippen LogP contribution in [0.5, 0.6) is 0 Å². The summed E-state index contributed by atoms with van der Waals surface area (Å²) >= 11 is 0. The van der Waals surface area contributed by atoms with Gasteiger partial charge in [0.1, 0.15) is 5.82 Å². The number of hydrogen-bond donors (Lipinski definition) is 2. The van der Waals surface area contributed by atoms with E-state index in [-0.39, 0.29) is 11.9 Å². The van der Waals surface area contributed by atoms with Crippen LogP contribution < -0.4 is 10.6 Å². The molecule has 0 aromatic carbocycles. The van der Waals surface area contributed by atoms with Crippen LogP contribution in [0.2, 0.25) is 0 Å². The number of rotatable bonds is 5. The van der Waals surface area contributed by atoms with Crippen molar-refractivity contribution in [1.29, 1.82) is 0 Å². The van der Waals surface area contributed by atoms with Crippen LogP contribution >= 0.6 is 0 Å². The number of amides is 1. The Bertz CT molecular complexity index is 359. The first-order valence-corrected chi connectivity index (χ1v) is 5.13. The summed E-state index contributed by atoms with van der Waals surface area (Å²) in [6.45, 7) is 7.95. The van der Waals surface area contributed by atoms with Gasteiger partial charge in [0, 0.05) is 12.6 Å². The smallest absolute Gasteiger partial charge is 0.272 e. The second-order valence-corrected chi connectivity index (χ2v) is 3.60. The Kier molecular flexibility index (Phi) is 4.44. The predicted molar refractivity (Wildman–Crippen MR) is 63.3 cm³/mol. The number of nitrogens with one attached hydrogen (secondary N) is 2. The van der Waals surface area contributed by atoms with Gasteiger partial charge in [-0.05, 0) is 26.0 Å². The van der Waals surface area contributed by atoms with Crippen LogP contribution in [0.4, 0.5) is 5.82 Å². The lowest BCUT2D eigenvalue weighted by Crippen LogP contribution is -2.24. The molecule has 0 unspecified atom stereocenters. The Morgan fingerprint density at radius 2 is 2.25 bits per heavy atom. The van der Waals surface area contributed by atoms with E-state index < -0.39 is 0 Å². The number of hydrogen-bond acceptors (Lipinski definition) is 4. The van der Waals surface area contributed by atoms with Crippen LogP contribution in [0.3, 0.4) is 0 Å².